The molecular formula is C20H24F5N3O4S. The third kappa shape index (κ3) is 5.13. The second-order valence-electron chi connectivity index (χ2n) is 8.37. The van der Waals surface area contributed by atoms with E-state index in [-0.39, 0.29) is 43.7 Å². The number of carbonyl (C=O) groups excluding carboxylic acids is 1. The minimum absolute atomic E-state index is 0.0870. The first-order valence-electron chi connectivity index (χ1n) is 10.4. The number of aliphatic hydroxyl groups is 1. The Morgan fingerprint density at radius 2 is 1.76 bits per heavy atom. The van der Waals surface area contributed by atoms with Crippen molar-refractivity contribution in [1.82, 2.24) is 14.0 Å². The average molecular weight is 497 g/mol. The normalized spacial score (nSPS) is 16.7. The highest BCUT2D eigenvalue weighted by molar-refractivity contribution is 7.20. The Hall–Kier alpha value is -2.28. The van der Waals surface area contributed by atoms with Crippen LogP contribution in [0.15, 0.2) is 9.59 Å². The van der Waals surface area contributed by atoms with Gasteiger partial charge in [-0.25, -0.2) is 13.6 Å². The number of piperidine rings is 1. The molecule has 3 heterocycles. The largest absolute Gasteiger partial charge is 0.390 e. The molecule has 1 fully saturated rings. The topological polar surface area (TPSA) is 84.5 Å². The van der Waals surface area contributed by atoms with Crippen LogP contribution in [0.25, 0.3) is 10.2 Å². The number of alkyl halides is 5. The van der Waals surface area contributed by atoms with Gasteiger partial charge in [-0.05, 0) is 26.2 Å². The van der Waals surface area contributed by atoms with Crippen LogP contribution in [0.5, 0.6) is 0 Å². The van der Waals surface area contributed by atoms with Gasteiger partial charge in [0.25, 0.3) is 17.9 Å². The van der Waals surface area contributed by atoms with Crippen molar-refractivity contribution in [1.29, 1.82) is 0 Å². The summed E-state index contributed by atoms with van der Waals surface area (Å²) in [6, 6.07) is 0. The lowest BCUT2D eigenvalue weighted by Gasteiger charge is -2.35. The number of aryl methyl sites for hydroxylation is 1. The standard InChI is InChI=1S/C20H24F5N3O4S/c1-3-7-27-15(29)12-11(14(21)22)13(16(30)26-8-4-19(2,32)5-9-26)33-17(12)28(18(27)31)10-6-20(23,24)25/h14,32H,3-10H2,1-2H3. The van der Waals surface area contributed by atoms with Crippen molar-refractivity contribution in [3.63, 3.8) is 0 Å². The molecule has 2 aromatic heterocycles. The summed E-state index contributed by atoms with van der Waals surface area (Å²) < 4.78 is 68.2. The van der Waals surface area contributed by atoms with Crippen LogP contribution in [-0.4, -0.2) is 49.9 Å². The Bertz CT molecular complexity index is 1160. The Morgan fingerprint density at radius 3 is 2.27 bits per heavy atom. The maximum absolute atomic E-state index is 14.1. The monoisotopic (exact) mass is 497 g/mol. The third-order valence-electron chi connectivity index (χ3n) is 5.70. The fourth-order valence-electron chi connectivity index (χ4n) is 3.84. The maximum atomic E-state index is 14.1. The van der Waals surface area contributed by atoms with E-state index >= 15 is 0 Å². The van der Waals surface area contributed by atoms with Gasteiger partial charge in [-0.3, -0.25) is 18.7 Å². The number of fused-ring (bicyclic) bond motifs is 1. The highest BCUT2D eigenvalue weighted by Gasteiger charge is 2.36. The summed E-state index contributed by atoms with van der Waals surface area (Å²) in [5.41, 5.74) is -3.96. The van der Waals surface area contributed by atoms with E-state index in [1.165, 1.54) is 4.90 Å². The van der Waals surface area contributed by atoms with Gasteiger partial charge in [0.15, 0.2) is 0 Å². The van der Waals surface area contributed by atoms with Crippen molar-refractivity contribution in [2.75, 3.05) is 13.1 Å². The SMILES string of the molecule is CCCn1c(=O)c2c(C(F)F)c(C(=O)N3CCC(C)(O)CC3)sc2n(CCC(F)(F)F)c1=O. The lowest BCUT2D eigenvalue weighted by molar-refractivity contribution is -0.136. The molecule has 2 aromatic rings. The van der Waals surface area contributed by atoms with Crippen LogP contribution in [0.1, 0.15) is 61.2 Å². The highest BCUT2D eigenvalue weighted by Crippen LogP contribution is 2.37. The van der Waals surface area contributed by atoms with Crippen molar-refractivity contribution < 1.29 is 31.9 Å². The molecule has 1 aliphatic rings. The number of hydrogen-bond acceptors (Lipinski definition) is 5. The van der Waals surface area contributed by atoms with E-state index in [9.17, 15) is 41.4 Å². The summed E-state index contributed by atoms with van der Waals surface area (Å²) in [4.78, 5) is 39.3. The van der Waals surface area contributed by atoms with Gasteiger partial charge in [-0.15, -0.1) is 11.3 Å². The van der Waals surface area contributed by atoms with Crippen molar-refractivity contribution in [2.45, 2.75) is 70.8 Å². The van der Waals surface area contributed by atoms with Gasteiger partial charge in [0.2, 0.25) is 0 Å². The lowest BCUT2D eigenvalue weighted by Crippen LogP contribution is -2.45. The van der Waals surface area contributed by atoms with Crippen LogP contribution in [-0.2, 0) is 13.1 Å². The molecule has 184 valence electrons. The van der Waals surface area contributed by atoms with Gasteiger partial charge in [0.1, 0.15) is 9.71 Å². The Kier molecular flexibility index (Phi) is 7.04. The summed E-state index contributed by atoms with van der Waals surface area (Å²) in [6.07, 6.45) is -8.59. The number of likely N-dealkylation sites (tertiary alicyclic amines) is 1. The molecule has 7 nitrogen and oxygen atoms in total. The van der Waals surface area contributed by atoms with Crippen molar-refractivity contribution in [3.8, 4) is 0 Å². The quantitative estimate of drug-likeness (QED) is 0.620. The van der Waals surface area contributed by atoms with Crippen LogP contribution < -0.4 is 11.2 Å². The molecule has 0 unspecified atom stereocenters. The molecule has 0 bridgehead atoms. The van der Waals surface area contributed by atoms with Gasteiger partial charge in [-0.2, -0.15) is 13.2 Å². The maximum Gasteiger partial charge on any atom is 0.390 e. The number of nitrogens with zero attached hydrogens (tertiary/aromatic N) is 3. The summed E-state index contributed by atoms with van der Waals surface area (Å²) in [5.74, 6) is -0.807. The van der Waals surface area contributed by atoms with Crippen molar-refractivity contribution in [3.05, 3.63) is 31.3 Å². The number of amides is 1. The first-order chi connectivity index (χ1) is 15.3. The van der Waals surface area contributed by atoms with Crippen molar-refractivity contribution >= 4 is 27.5 Å². The first kappa shape index (κ1) is 25.3. The fourth-order valence-corrected chi connectivity index (χ4v) is 5.13. The smallest absolute Gasteiger partial charge is 0.390 e. The molecule has 0 aliphatic carbocycles. The molecule has 0 saturated carbocycles. The zero-order chi connectivity index (χ0) is 24.7. The fraction of sp³-hybridized carbons (Fsp3) is 0.650. The van der Waals surface area contributed by atoms with Crippen LogP contribution >= 0.6 is 11.3 Å². The molecule has 0 aromatic carbocycles. The van der Waals surface area contributed by atoms with E-state index in [0.29, 0.717) is 20.5 Å². The minimum atomic E-state index is -4.62. The summed E-state index contributed by atoms with van der Waals surface area (Å²) in [6.45, 7) is 2.36. The van der Waals surface area contributed by atoms with E-state index < -0.39 is 64.2 Å². The van der Waals surface area contributed by atoms with Crippen molar-refractivity contribution in [2.24, 2.45) is 0 Å². The molecule has 3 rings (SSSR count). The van der Waals surface area contributed by atoms with Crippen LogP contribution in [0.3, 0.4) is 0 Å². The molecule has 1 N–H and O–H groups in total. The zero-order valence-electron chi connectivity index (χ0n) is 18.0. The summed E-state index contributed by atoms with van der Waals surface area (Å²) in [7, 11) is 0. The Balaban J connectivity index is 2.23. The van der Waals surface area contributed by atoms with Gasteiger partial charge in [-0.1, -0.05) is 6.92 Å². The molecule has 0 atom stereocenters. The Labute approximate surface area is 189 Å². The predicted octanol–water partition coefficient (Wildman–Crippen LogP) is 3.51. The van der Waals surface area contributed by atoms with Gasteiger partial charge in [0.05, 0.1) is 23.0 Å². The molecule has 33 heavy (non-hydrogen) atoms. The third-order valence-corrected chi connectivity index (χ3v) is 6.92. The van der Waals surface area contributed by atoms with Gasteiger partial charge < -0.3 is 10.0 Å². The molecule has 0 spiro atoms. The molecule has 13 heteroatoms. The Morgan fingerprint density at radius 1 is 1.15 bits per heavy atom. The van der Waals surface area contributed by atoms with Crippen LogP contribution in [0.2, 0.25) is 0 Å². The first-order valence-corrected chi connectivity index (χ1v) is 11.3. The van der Waals surface area contributed by atoms with E-state index in [1.54, 1.807) is 13.8 Å². The van der Waals surface area contributed by atoms with Gasteiger partial charge >= 0.3 is 11.9 Å². The average Bonchev–Trinajstić information content (AvgIpc) is 3.10. The molecule has 1 saturated heterocycles. The molecule has 0 radical (unpaired) electrons. The highest BCUT2D eigenvalue weighted by atomic mass is 32.1. The summed E-state index contributed by atoms with van der Waals surface area (Å²) in [5, 5.41) is 9.48. The number of carbonyl (C=O) groups is 1. The van der Waals surface area contributed by atoms with Crippen LogP contribution in [0.4, 0.5) is 22.0 Å². The number of thiophene rings is 1. The van der Waals surface area contributed by atoms with Crippen LogP contribution in [0, 0.1) is 0 Å². The predicted molar refractivity (Wildman–Crippen MR) is 112 cm³/mol. The second kappa shape index (κ2) is 9.16. The molecule has 1 aliphatic heterocycles. The minimum Gasteiger partial charge on any atom is -0.390 e. The van der Waals surface area contributed by atoms with Gasteiger partial charge in [0, 0.05) is 26.2 Å². The lowest BCUT2D eigenvalue weighted by atomic mass is 9.93. The number of rotatable bonds is 6. The van der Waals surface area contributed by atoms with E-state index in [0.717, 1.165) is 0 Å². The van der Waals surface area contributed by atoms with E-state index in [1.807, 2.05) is 0 Å². The number of halogens is 5. The second-order valence-corrected chi connectivity index (χ2v) is 9.37. The van der Waals surface area contributed by atoms with E-state index in [2.05, 4.69) is 0 Å². The number of hydrogen-bond donors (Lipinski definition) is 1. The summed E-state index contributed by atoms with van der Waals surface area (Å²) >= 11 is 0.435. The van der Waals surface area contributed by atoms with E-state index in [4.69, 9.17) is 0 Å². The zero-order valence-corrected chi connectivity index (χ0v) is 18.9. The number of aromatic nitrogens is 2. The molecule has 1 amide bonds. The molecular weight excluding hydrogens is 473 g/mol.